The van der Waals surface area contributed by atoms with E-state index in [2.05, 4.69) is 9.47 Å². The summed E-state index contributed by atoms with van der Waals surface area (Å²) in [7, 11) is 2.77. The summed E-state index contributed by atoms with van der Waals surface area (Å²) in [6, 6.07) is 0. The van der Waals surface area contributed by atoms with Crippen molar-refractivity contribution >= 4 is 6.16 Å². The van der Waals surface area contributed by atoms with E-state index in [9.17, 15) is 4.79 Å². The van der Waals surface area contributed by atoms with E-state index in [1.165, 1.54) is 14.2 Å². The maximum absolute atomic E-state index is 10.5. The highest BCUT2D eigenvalue weighted by Crippen LogP contribution is 1.98. The smallest absolute Gasteiger partial charge is 0.437 e. The highest BCUT2D eigenvalue weighted by molar-refractivity contribution is 5.61. The van der Waals surface area contributed by atoms with Crippen molar-refractivity contribution in [3.63, 3.8) is 0 Å². The maximum atomic E-state index is 10.5. The Bertz CT molecular complexity index is 151. The zero-order valence-corrected chi connectivity index (χ0v) is 6.92. The lowest BCUT2D eigenvalue weighted by atomic mass is 10.5. The van der Waals surface area contributed by atoms with Gasteiger partial charge in [-0.15, -0.1) is 0 Å². The van der Waals surface area contributed by atoms with Crippen molar-refractivity contribution < 1.29 is 19.0 Å². The van der Waals surface area contributed by atoms with E-state index >= 15 is 0 Å². The molecule has 0 N–H and O–H groups in total. The molecule has 0 fully saturated rings. The fourth-order valence-corrected chi connectivity index (χ4v) is 0.463. The van der Waals surface area contributed by atoms with Gasteiger partial charge in [0.15, 0.2) is 0 Å². The largest absolute Gasteiger partial charge is 0.513 e. The Hall–Kier alpha value is -1.03. The average Bonchev–Trinajstić information content (AvgIpc) is 2.03. The number of carbonyl (C=O) groups is 1. The second-order valence-electron chi connectivity index (χ2n) is 1.74. The van der Waals surface area contributed by atoms with Gasteiger partial charge in [0, 0.05) is 7.11 Å². The number of hydrogen-bond donors (Lipinski definition) is 0. The van der Waals surface area contributed by atoms with E-state index in [1.54, 1.807) is 13.0 Å². The molecule has 0 heterocycles. The molecule has 4 nitrogen and oxygen atoms in total. The van der Waals surface area contributed by atoms with Gasteiger partial charge >= 0.3 is 6.16 Å². The van der Waals surface area contributed by atoms with Crippen molar-refractivity contribution in [3.05, 3.63) is 11.8 Å². The van der Waals surface area contributed by atoms with Gasteiger partial charge in [-0.25, -0.2) is 4.79 Å². The summed E-state index contributed by atoms with van der Waals surface area (Å²) in [4.78, 5) is 10.5. The molecule has 0 aliphatic heterocycles. The molecule has 0 aromatic carbocycles. The van der Waals surface area contributed by atoms with Gasteiger partial charge in [0.25, 0.3) is 0 Å². The van der Waals surface area contributed by atoms with Crippen molar-refractivity contribution in [2.24, 2.45) is 0 Å². The molecule has 0 bridgehead atoms. The zero-order valence-electron chi connectivity index (χ0n) is 6.92. The molecule has 0 spiro atoms. The molecule has 0 saturated carbocycles. The number of allylic oxidation sites excluding steroid dienone is 1. The SMILES string of the molecule is C/C=C(\COC)OC(=O)OC. The van der Waals surface area contributed by atoms with Gasteiger partial charge in [-0.05, 0) is 13.0 Å². The molecule has 0 aliphatic rings. The van der Waals surface area contributed by atoms with Crippen molar-refractivity contribution in [2.45, 2.75) is 6.92 Å². The Balaban J connectivity index is 3.79. The normalized spacial score (nSPS) is 11.0. The summed E-state index contributed by atoms with van der Waals surface area (Å²) >= 11 is 0. The first-order chi connectivity index (χ1) is 5.24. The first kappa shape index (κ1) is 9.97. The van der Waals surface area contributed by atoms with Crippen LogP contribution in [-0.4, -0.2) is 27.0 Å². The average molecular weight is 160 g/mol. The molecule has 0 atom stereocenters. The Morgan fingerprint density at radius 1 is 1.45 bits per heavy atom. The van der Waals surface area contributed by atoms with Gasteiger partial charge in [0.1, 0.15) is 12.4 Å². The van der Waals surface area contributed by atoms with Crippen LogP contribution in [-0.2, 0) is 14.2 Å². The molecule has 0 aromatic heterocycles. The van der Waals surface area contributed by atoms with Crippen LogP contribution in [0.2, 0.25) is 0 Å². The fourth-order valence-electron chi connectivity index (χ4n) is 0.463. The van der Waals surface area contributed by atoms with E-state index in [0.29, 0.717) is 5.76 Å². The lowest BCUT2D eigenvalue weighted by Gasteiger charge is -2.04. The van der Waals surface area contributed by atoms with Crippen LogP contribution in [0, 0.1) is 0 Å². The first-order valence-corrected chi connectivity index (χ1v) is 3.14. The Morgan fingerprint density at radius 2 is 2.09 bits per heavy atom. The van der Waals surface area contributed by atoms with Gasteiger partial charge in [0.05, 0.1) is 7.11 Å². The van der Waals surface area contributed by atoms with Crippen LogP contribution in [0.25, 0.3) is 0 Å². The maximum Gasteiger partial charge on any atom is 0.513 e. The summed E-state index contributed by atoms with van der Waals surface area (Å²) < 4.78 is 13.7. The second kappa shape index (κ2) is 5.73. The quantitative estimate of drug-likeness (QED) is 0.461. The van der Waals surface area contributed by atoms with E-state index < -0.39 is 6.16 Å². The minimum atomic E-state index is -0.727. The van der Waals surface area contributed by atoms with Crippen molar-refractivity contribution in [2.75, 3.05) is 20.8 Å². The lowest BCUT2D eigenvalue weighted by Crippen LogP contribution is -2.07. The monoisotopic (exact) mass is 160 g/mol. The van der Waals surface area contributed by atoms with Gasteiger partial charge in [-0.1, -0.05) is 0 Å². The molecule has 0 radical (unpaired) electrons. The standard InChI is InChI=1S/C7H12O4/c1-4-6(5-9-2)11-7(8)10-3/h4H,5H2,1-3H3/b6-4+. The highest BCUT2D eigenvalue weighted by Gasteiger charge is 2.04. The molecule has 11 heavy (non-hydrogen) atoms. The van der Waals surface area contributed by atoms with Crippen molar-refractivity contribution in [3.8, 4) is 0 Å². The number of carbonyl (C=O) groups excluding carboxylic acids is 1. The molecular weight excluding hydrogens is 148 g/mol. The van der Waals surface area contributed by atoms with Crippen LogP contribution in [0.4, 0.5) is 4.79 Å². The first-order valence-electron chi connectivity index (χ1n) is 3.14. The van der Waals surface area contributed by atoms with Crippen molar-refractivity contribution in [1.29, 1.82) is 0 Å². The molecule has 0 aliphatic carbocycles. The van der Waals surface area contributed by atoms with Crippen molar-refractivity contribution in [1.82, 2.24) is 0 Å². The molecule has 0 rings (SSSR count). The van der Waals surface area contributed by atoms with Crippen LogP contribution in [0.5, 0.6) is 0 Å². The number of hydrogen-bond acceptors (Lipinski definition) is 4. The van der Waals surface area contributed by atoms with E-state index in [-0.39, 0.29) is 6.61 Å². The lowest BCUT2D eigenvalue weighted by molar-refractivity contribution is 0.0809. The van der Waals surface area contributed by atoms with E-state index in [1.807, 2.05) is 0 Å². The number of ether oxygens (including phenoxy) is 3. The van der Waals surface area contributed by atoms with Crippen LogP contribution >= 0.6 is 0 Å². The van der Waals surface area contributed by atoms with Crippen LogP contribution < -0.4 is 0 Å². The van der Waals surface area contributed by atoms with Gasteiger partial charge in [0.2, 0.25) is 0 Å². The third kappa shape index (κ3) is 4.38. The van der Waals surface area contributed by atoms with E-state index in [0.717, 1.165) is 0 Å². The van der Waals surface area contributed by atoms with Gasteiger partial charge in [-0.2, -0.15) is 0 Å². The Labute approximate surface area is 65.7 Å². The molecule has 0 saturated heterocycles. The minimum absolute atomic E-state index is 0.269. The number of rotatable bonds is 3. The predicted molar refractivity (Wildman–Crippen MR) is 39.1 cm³/mol. The van der Waals surface area contributed by atoms with Gasteiger partial charge in [-0.3, -0.25) is 0 Å². The Morgan fingerprint density at radius 3 is 2.45 bits per heavy atom. The predicted octanol–water partition coefficient (Wildman–Crippen LogP) is 1.32. The molecule has 0 aromatic rings. The van der Waals surface area contributed by atoms with Crippen LogP contribution in [0.3, 0.4) is 0 Å². The highest BCUT2D eigenvalue weighted by atomic mass is 16.7. The molecule has 0 amide bonds. The summed E-state index contributed by atoms with van der Waals surface area (Å²) in [5.74, 6) is 0.444. The topological polar surface area (TPSA) is 44.8 Å². The summed E-state index contributed by atoms with van der Waals surface area (Å²) in [6.45, 7) is 2.02. The second-order valence-corrected chi connectivity index (χ2v) is 1.74. The van der Waals surface area contributed by atoms with E-state index in [4.69, 9.17) is 4.74 Å². The van der Waals surface area contributed by atoms with Gasteiger partial charge < -0.3 is 14.2 Å². The summed E-state index contributed by atoms with van der Waals surface area (Å²) in [5.41, 5.74) is 0. The molecular formula is C7H12O4. The summed E-state index contributed by atoms with van der Waals surface area (Å²) in [5, 5.41) is 0. The molecule has 4 heteroatoms. The molecule has 64 valence electrons. The number of methoxy groups -OCH3 is 2. The molecule has 0 unspecified atom stereocenters. The minimum Gasteiger partial charge on any atom is -0.437 e. The van der Waals surface area contributed by atoms with Crippen LogP contribution in [0.15, 0.2) is 11.8 Å². The third-order valence-corrected chi connectivity index (χ3v) is 0.990. The third-order valence-electron chi connectivity index (χ3n) is 0.990. The van der Waals surface area contributed by atoms with Crippen LogP contribution in [0.1, 0.15) is 6.92 Å². The fraction of sp³-hybridized carbons (Fsp3) is 0.571. The summed E-state index contributed by atoms with van der Waals surface area (Å²) in [6.07, 6.45) is 0.913. The Kier molecular flexibility index (Phi) is 5.20. The zero-order chi connectivity index (χ0) is 8.69.